The van der Waals surface area contributed by atoms with Crippen LogP contribution >= 0.6 is 0 Å². The topological polar surface area (TPSA) is 0 Å². The van der Waals surface area contributed by atoms with Crippen LogP contribution in [0.2, 0.25) is 0 Å². The predicted molar refractivity (Wildman–Crippen MR) is 552 cm³/mol. The first kappa shape index (κ1) is 84.3. The Morgan fingerprint density at radius 1 is 0.103 bits per heavy atom. The summed E-state index contributed by atoms with van der Waals surface area (Å²) in [6.07, 6.45) is 0. The lowest BCUT2D eigenvalue weighted by atomic mass is 9.93. The van der Waals surface area contributed by atoms with Crippen LogP contribution in [-0.2, 0) is 0 Å². The normalized spacial score (nSPS) is 10.7. The molecule has 23 rings (SSSR count). The molecular weight excluding hydrogens is 1510 g/mol. The summed E-state index contributed by atoms with van der Waals surface area (Å²) in [5.74, 6) is 0. The molecule has 0 aliphatic heterocycles. The molecule has 0 saturated carbocycles. The summed E-state index contributed by atoms with van der Waals surface area (Å²) >= 11 is 0. The van der Waals surface area contributed by atoms with E-state index in [0.717, 1.165) is 0 Å². The van der Waals surface area contributed by atoms with E-state index >= 15 is 0 Å². The summed E-state index contributed by atoms with van der Waals surface area (Å²) in [7, 11) is 0. The van der Waals surface area contributed by atoms with E-state index in [9.17, 15) is 0 Å². The Hall–Kier alpha value is -15.3. The highest BCUT2D eigenvalue weighted by molar-refractivity contribution is 6.10. The predicted octanol–water partition coefficient (Wildman–Crippen LogP) is 35.8. The summed E-state index contributed by atoms with van der Waals surface area (Å²) in [6.45, 7) is 17.1. The highest BCUT2D eigenvalue weighted by Crippen LogP contribution is 2.36. The fraction of sp³-hybridized carbons (Fsp3) is 0.0635. The highest BCUT2D eigenvalue weighted by Gasteiger charge is 2.11. The van der Waals surface area contributed by atoms with Crippen molar-refractivity contribution >= 4 is 108 Å². The Balaban J connectivity index is 0.000000107. The largest absolute Gasteiger partial charge is 0.0622 e. The second-order valence-electron chi connectivity index (χ2n) is 32.9. The molecule has 0 heteroatoms. The van der Waals surface area contributed by atoms with Crippen molar-refractivity contribution in [3.63, 3.8) is 0 Å². The van der Waals surface area contributed by atoms with Gasteiger partial charge in [0, 0.05) is 0 Å². The van der Waals surface area contributed by atoms with Crippen molar-refractivity contribution in [1.29, 1.82) is 0 Å². The number of hydrogen-bond acceptors (Lipinski definition) is 0. The summed E-state index contributed by atoms with van der Waals surface area (Å²) in [5, 5.41) is 26.6. The number of benzene rings is 23. The van der Waals surface area contributed by atoms with Gasteiger partial charge < -0.3 is 0 Å². The van der Waals surface area contributed by atoms with E-state index in [-0.39, 0.29) is 0 Å². The molecule has 0 amide bonds. The zero-order valence-corrected chi connectivity index (χ0v) is 73.2. The lowest BCUT2D eigenvalue weighted by molar-refractivity contribution is 1.46. The second-order valence-corrected chi connectivity index (χ2v) is 32.9. The maximum Gasteiger partial charge on any atom is -0.0103 e. The molecule has 0 saturated heterocycles. The van der Waals surface area contributed by atoms with Gasteiger partial charge in [0.05, 0.1) is 0 Å². The molecule has 0 aromatic heterocycles. The van der Waals surface area contributed by atoms with Crippen molar-refractivity contribution in [2.24, 2.45) is 0 Å². The van der Waals surface area contributed by atoms with Gasteiger partial charge in [-0.2, -0.15) is 0 Å². The van der Waals surface area contributed by atoms with Gasteiger partial charge in [0.15, 0.2) is 0 Å². The molecule has 0 spiro atoms. The molecule has 0 aliphatic rings. The van der Waals surface area contributed by atoms with E-state index in [4.69, 9.17) is 0 Å². The van der Waals surface area contributed by atoms with Gasteiger partial charge in [-0.15, -0.1) is 0 Å². The minimum Gasteiger partial charge on any atom is -0.0622 e. The summed E-state index contributed by atoms with van der Waals surface area (Å²) < 4.78 is 0. The Labute approximate surface area is 743 Å². The average molecular weight is 1620 g/mol. The number of hydrogen-bond donors (Lipinski definition) is 0. The van der Waals surface area contributed by atoms with E-state index in [0.29, 0.717) is 0 Å². The molecular formula is C126H104. The summed E-state index contributed by atoms with van der Waals surface area (Å²) in [4.78, 5) is 0. The van der Waals surface area contributed by atoms with Crippen LogP contribution in [-0.4, -0.2) is 0 Å². The molecule has 23 aromatic rings. The quantitative estimate of drug-likeness (QED) is 0.151. The first-order valence-electron chi connectivity index (χ1n) is 43.7. The molecule has 0 N–H and O–H groups in total. The van der Waals surface area contributed by atoms with Gasteiger partial charge in [-0.1, -0.05) is 494 Å². The Morgan fingerprint density at radius 3 is 0.968 bits per heavy atom. The van der Waals surface area contributed by atoms with Gasteiger partial charge in [-0.25, -0.2) is 0 Å². The minimum atomic E-state index is 1.24. The van der Waals surface area contributed by atoms with Crippen LogP contribution in [0.4, 0.5) is 0 Å². The zero-order valence-electron chi connectivity index (χ0n) is 73.2. The lowest BCUT2D eigenvalue weighted by Crippen LogP contribution is -1.86. The van der Waals surface area contributed by atoms with Crippen LogP contribution < -0.4 is 0 Å². The van der Waals surface area contributed by atoms with Crippen LogP contribution in [0.5, 0.6) is 0 Å². The van der Waals surface area contributed by atoms with Crippen LogP contribution in [0.1, 0.15) is 44.5 Å². The maximum atomic E-state index is 2.29. The molecule has 0 bridgehead atoms. The van der Waals surface area contributed by atoms with E-state index in [1.165, 1.54) is 208 Å². The second kappa shape index (κ2) is 40.6. The fourth-order valence-electron chi connectivity index (χ4n) is 16.7. The minimum absolute atomic E-state index is 1.24. The SMILES string of the molecule is Cc1cc2ccccc2c2ccccc12.Cc1ccc(-c2ccc3ccccc3c2)cc1.Cc1ccc(-c2cccc3ccccc23)cc1.Cc1ccc2c(ccc3ccccc32)c1.Cc1ccc2ccc3ccccc3c2c1.Cc1ccc2ccccc2c1.Cc1cccc(-c2cc(-c3ccccc3)cc(-c3ccccc3)c2)c1.Cc1cccc2ccccc12. The fourth-order valence-corrected chi connectivity index (χ4v) is 16.7. The first-order chi connectivity index (χ1) is 61.7. The molecule has 0 nitrogen and oxygen atoms in total. The van der Waals surface area contributed by atoms with Crippen molar-refractivity contribution in [3.05, 3.63) is 530 Å². The van der Waals surface area contributed by atoms with Gasteiger partial charge in [0.2, 0.25) is 0 Å². The van der Waals surface area contributed by atoms with Gasteiger partial charge >= 0.3 is 0 Å². The van der Waals surface area contributed by atoms with E-state index in [2.05, 4.69) is 541 Å². The molecule has 608 valence electrons. The number of rotatable bonds is 5. The van der Waals surface area contributed by atoms with Gasteiger partial charge in [-0.05, 0) is 254 Å². The van der Waals surface area contributed by atoms with E-state index < -0.39 is 0 Å². The van der Waals surface area contributed by atoms with Crippen molar-refractivity contribution in [2.45, 2.75) is 55.4 Å². The Morgan fingerprint density at radius 2 is 0.405 bits per heavy atom. The third kappa shape index (κ3) is 21.0. The maximum absolute atomic E-state index is 2.29. The monoisotopic (exact) mass is 1620 g/mol. The van der Waals surface area contributed by atoms with Crippen LogP contribution in [0.15, 0.2) is 485 Å². The summed E-state index contributed by atoms with van der Waals surface area (Å²) in [5.41, 5.74) is 23.2. The van der Waals surface area contributed by atoms with Crippen molar-refractivity contribution in [2.75, 3.05) is 0 Å². The standard InChI is InChI=1S/C25H20.2C17H14.3C15H12.2C11H10/c1-19-9-8-14-22(15-19)25-17-23(20-10-4-2-5-11-20)16-24(18-25)21-12-6-3-7-13-21;1-13-9-11-15(12-10-13)17-8-4-6-14-5-2-3-7-16(14)17;1-13-6-8-15(9-7-13)17-11-10-14-4-2-3-5-16(14)12-17;1-11-10-12-6-2-3-8-14(12)15-9-5-4-7-13(11)15;1-11-6-9-15-13(10-11)8-7-12-4-2-3-5-14(12)15;1-11-6-7-13-9-8-12-4-2-3-5-14(12)15(13)10-11;1-9-5-4-7-10-6-2-3-8-11(9)10;1-9-6-7-10-4-2-3-5-11(10)8-9/h2-18H,1H3;2*2-12H,1H3;3*2-10H,1H3;2*2-8H,1H3. The highest BCUT2D eigenvalue weighted by atomic mass is 14.1. The molecule has 0 unspecified atom stereocenters. The lowest BCUT2D eigenvalue weighted by Gasteiger charge is -2.11. The smallest absolute Gasteiger partial charge is 0.0103 e. The van der Waals surface area contributed by atoms with Crippen LogP contribution in [0.3, 0.4) is 0 Å². The molecule has 0 heterocycles. The number of aryl methyl sites for hydroxylation is 8. The van der Waals surface area contributed by atoms with Crippen molar-refractivity contribution in [3.8, 4) is 55.6 Å². The van der Waals surface area contributed by atoms with Crippen molar-refractivity contribution < 1.29 is 0 Å². The molecule has 0 atom stereocenters. The molecule has 0 fully saturated rings. The van der Waals surface area contributed by atoms with E-state index in [1.807, 2.05) is 0 Å². The molecule has 126 heavy (non-hydrogen) atoms. The average Bonchev–Trinajstić information content (AvgIpc) is 0.891. The zero-order chi connectivity index (χ0) is 86.5. The van der Waals surface area contributed by atoms with Gasteiger partial charge in [-0.3, -0.25) is 0 Å². The third-order valence-corrected chi connectivity index (χ3v) is 23.5. The molecule has 23 aromatic carbocycles. The summed E-state index contributed by atoms with van der Waals surface area (Å²) in [6, 6.07) is 172. The third-order valence-electron chi connectivity index (χ3n) is 23.5. The Bertz CT molecular complexity index is 7550. The van der Waals surface area contributed by atoms with Crippen LogP contribution in [0, 0.1) is 55.4 Å². The Kier molecular flexibility index (Phi) is 27.1. The molecule has 0 aliphatic carbocycles. The molecule has 0 radical (unpaired) electrons. The van der Waals surface area contributed by atoms with Crippen molar-refractivity contribution in [1.82, 2.24) is 0 Å². The van der Waals surface area contributed by atoms with Gasteiger partial charge in [0.25, 0.3) is 0 Å². The first-order valence-corrected chi connectivity index (χ1v) is 43.7. The van der Waals surface area contributed by atoms with E-state index in [1.54, 1.807) is 0 Å². The number of fused-ring (bicyclic) bond motifs is 13. The van der Waals surface area contributed by atoms with Gasteiger partial charge in [0.1, 0.15) is 0 Å². The van der Waals surface area contributed by atoms with Crippen LogP contribution in [0.25, 0.3) is 163 Å².